The van der Waals surface area contributed by atoms with Crippen molar-refractivity contribution in [3.63, 3.8) is 0 Å². The Morgan fingerprint density at radius 1 is 0.440 bits per heavy atom. The lowest BCUT2D eigenvalue weighted by molar-refractivity contribution is 0.295. The summed E-state index contributed by atoms with van der Waals surface area (Å²) in [6, 6.07) is 28.3. The lowest BCUT2D eigenvalue weighted by Gasteiger charge is -2.12. The van der Waals surface area contributed by atoms with E-state index in [1.165, 1.54) is 56.0 Å². The van der Waals surface area contributed by atoms with Gasteiger partial charge in [0.15, 0.2) is 0 Å². The van der Waals surface area contributed by atoms with Crippen molar-refractivity contribution in [1.82, 2.24) is 99.1 Å². The number of hydrogen-bond donors (Lipinski definition) is 0. The minimum Gasteiger partial charge on any atom is -0.488 e. The van der Waals surface area contributed by atoms with E-state index in [2.05, 4.69) is 77.6 Å². The average molecular weight is 1330 g/mol. The normalized spacial score (nSPS) is 11.3. The van der Waals surface area contributed by atoms with Crippen LogP contribution in [0.1, 0.15) is 50.0 Å². The van der Waals surface area contributed by atoms with Crippen molar-refractivity contribution in [2.45, 2.75) is 54.1 Å². The molecule has 0 aliphatic rings. The summed E-state index contributed by atoms with van der Waals surface area (Å²) in [7, 11) is 6.03. The Bertz CT molecular complexity index is 4630. The average Bonchev–Trinajstić information content (AvgIpc) is 1.81. The standard InChI is InChI=1S/C15H14BrN5O2.C15H14ClN5O2.C15H14FN5O2.C15H15N5O2/c3*1-10-5-3-4-6-13(10)23-9-11-12(7-8-17-14(11)16)21-15(22)20(2)18-19-21;1-11-5-3-4-6-14(11)22-10-12-9-16-8-7-13(12)20-15(21)19(2)17-18-20/h3*3-8H,9H2,1-2H3;3-9H,10H2,1-2H3/i4*3T. The second kappa shape index (κ2) is 29.7. The van der Waals surface area contributed by atoms with Crippen LogP contribution in [0.25, 0.3) is 22.7 Å². The molecule has 0 spiro atoms. The number of aromatic nitrogens is 20. The molecule has 28 nitrogen and oxygen atoms in total. The molecule has 12 rings (SSSR count). The molecule has 8 aromatic heterocycles. The van der Waals surface area contributed by atoms with Gasteiger partial charge in [-0.2, -0.15) is 41.8 Å². The summed E-state index contributed by atoms with van der Waals surface area (Å²) < 4.78 is 77.1. The summed E-state index contributed by atoms with van der Waals surface area (Å²) in [5.74, 6) is 1.75. The van der Waals surface area contributed by atoms with Crippen LogP contribution in [-0.2, 0) is 54.6 Å². The van der Waals surface area contributed by atoms with Crippen molar-refractivity contribution in [3.05, 3.63) is 254 Å². The molecule has 0 aliphatic carbocycles. The van der Waals surface area contributed by atoms with Gasteiger partial charge in [0.05, 0.1) is 39.4 Å². The van der Waals surface area contributed by atoms with Gasteiger partial charge in [-0.15, -0.1) is 0 Å². The van der Waals surface area contributed by atoms with Gasteiger partial charge in [-0.25, -0.2) is 34.1 Å². The Morgan fingerprint density at radius 3 is 1.19 bits per heavy atom. The summed E-state index contributed by atoms with van der Waals surface area (Å²) in [4.78, 5) is 64.1. The van der Waals surface area contributed by atoms with E-state index >= 15 is 0 Å². The number of rotatable bonds is 16. The number of nitrogens with zero attached hydrogens (tertiary/aromatic N) is 20. The van der Waals surface area contributed by atoms with Crippen LogP contribution in [0.4, 0.5) is 4.39 Å². The van der Waals surface area contributed by atoms with Gasteiger partial charge >= 0.3 is 22.8 Å². The molecule has 0 bridgehead atoms. The minimum atomic E-state index is -0.750. The third kappa shape index (κ3) is 15.4. The first-order valence-corrected chi connectivity index (χ1v) is 28.3. The minimum absolute atomic E-state index is 0.0921. The molecule has 91 heavy (non-hydrogen) atoms. The molecule has 466 valence electrons. The van der Waals surface area contributed by atoms with E-state index < -0.39 is 17.3 Å². The van der Waals surface area contributed by atoms with Gasteiger partial charge in [-0.3, -0.25) is 4.98 Å². The van der Waals surface area contributed by atoms with Crippen LogP contribution < -0.4 is 41.7 Å². The fourth-order valence-corrected chi connectivity index (χ4v) is 8.86. The summed E-state index contributed by atoms with van der Waals surface area (Å²) in [5.41, 5.74) is 5.53. The van der Waals surface area contributed by atoms with E-state index in [4.69, 9.17) is 36.0 Å². The van der Waals surface area contributed by atoms with Gasteiger partial charge in [0.25, 0.3) is 0 Å². The van der Waals surface area contributed by atoms with E-state index in [9.17, 15) is 23.6 Å². The first-order valence-electron chi connectivity index (χ1n) is 29.1. The first-order chi connectivity index (χ1) is 45.5. The van der Waals surface area contributed by atoms with Crippen molar-refractivity contribution in [2.75, 3.05) is 0 Å². The predicted molar refractivity (Wildman–Crippen MR) is 332 cm³/mol. The number of pyridine rings is 4. The van der Waals surface area contributed by atoms with E-state index in [1.807, 2.05) is 20.8 Å². The molecule has 0 radical (unpaired) electrons. The molecule has 0 N–H and O–H groups in total. The molecule has 0 aliphatic heterocycles. The Labute approximate surface area is 535 Å². The summed E-state index contributed by atoms with van der Waals surface area (Å²) in [6.07, 6.45) is 7.52. The zero-order chi connectivity index (χ0) is 68.2. The SMILES string of the molecule is [3H]c1ccc(OCc2c(-n3nnn(C)c3=O)ccnc2Br)c(C)c1.[3H]c1ccc(OCc2c(-n3nnn(C)c3=O)ccnc2Cl)c(C)c1.[3H]c1ccc(OCc2c(-n3nnn(C)c3=O)ccnc2F)c(C)c1.[3H]c1ccc(OCc2cnccc2-n2nnn(C)c2=O)c(C)c1. The molecular weight excluding hydrogens is 1260 g/mol. The summed E-state index contributed by atoms with van der Waals surface area (Å²) in [5, 5.41) is 30.2. The first kappa shape index (κ1) is 58.9. The second-order valence-electron chi connectivity index (χ2n) is 19.4. The highest BCUT2D eigenvalue weighted by atomic mass is 79.9. The molecule has 0 atom stereocenters. The molecule has 0 saturated carbocycles. The molecule has 4 aromatic carbocycles. The Morgan fingerprint density at radius 2 is 0.780 bits per heavy atom. The predicted octanol–water partition coefficient (Wildman–Crippen LogP) is 6.55. The molecule has 0 saturated heterocycles. The van der Waals surface area contributed by atoms with Gasteiger partial charge < -0.3 is 18.9 Å². The Hall–Kier alpha value is -11.1. The van der Waals surface area contributed by atoms with Crippen LogP contribution in [0.5, 0.6) is 23.0 Å². The molecule has 31 heteroatoms. The fourth-order valence-electron chi connectivity index (χ4n) is 8.22. The highest BCUT2D eigenvalue weighted by Crippen LogP contribution is 2.27. The smallest absolute Gasteiger partial charge is 0.368 e. The molecular formula is C60H57BrClFN20O8. The van der Waals surface area contributed by atoms with E-state index in [0.29, 0.717) is 85.5 Å². The van der Waals surface area contributed by atoms with E-state index in [-0.39, 0.29) is 54.2 Å². The molecule has 12 aromatic rings. The topological polar surface area (TPSA) is 299 Å². The zero-order valence-electron chi connectivity index (χ0n) is 53.8. The highest BCUT2D eigenvalue weighted by Gasteiger charge is 2.20. The quantitative estimate of drug-likeness (QED) is 0.0926. The fraction of sp³-hybridized carbons (Fsp3) is 0.200. The van der Waals surface area contributed by atoms with Gasteiger partial charge in [-0.1, -0.05) is 84.3 Å². The van der Waals surface area contributed by atoms with Crippen molar-refractivity contribution >= 4 is 27.5 Å². The monoisotopic (exact) mass is 1330 g/mol. The number of tetrazole rings is 4. The third-order valence-corrected chi connectivity index (χ3v) is 14.2. The largest absolute Gasteiger partial charge is 0.488 e. The Balaban J connectivity index is 0.000000149. The third-order valence-electron chi connectivity index (χ3n) is 13.2. The van der Waals surface area contributed by atoms with Crippen LogP contribution in [0.15, 0.2) is 176 Å². The lowest BCUT2D eigenvalue weighted by atomic mass is 10.2. The second-order valence-corrected chi connectivity index (χ2v) is 20.5. The van der Waals surface area contributed by atoms with Crippen LogP contribution >= 0.6 is 27.5 Å². The van der Waals surface area contributed by atoms with Crippen molar-refractivity contribution in [1.29, 1.82) is 0 Å². The molecule has 0 amide bonds. The van der Waals surface area contributed by atoms with Crippen LogP contribution in [0.3, 0.4) is 0 Å². The summed E-state index contributed by atoms with van der Waals surface area (Å²) >= 11 is 9.57. The molecule has 0 unspecified atom stereocenters. The zero-order valence-corrected chi connectivity index (χ0v) is 52.1. The van der Waals surface area contributed by atoms with Crippen LogP contribution in [0, 0.1) is 33.6 Å². The molecule has 0 fully saturated rings. The van der Waals surface area contributed by atoms with E-state index in [1.54, 1.807) is 117 Å². The van der Waals surface area contributed by atoms with Crippen LogP contribution in [0.2, 0.25) is 5.15 Å². The summed E-state index contributed by atoms with van der Waals surface area (Å²) in [6.45, 7) is 7.77. The van der Waals surface area contributed by atoms with Gasteiger partial charge in [0.1, 0.15) is 59.2 Å². The maximum Gasteiger partial charge on any atom is 0.368 e. The number of benzene rings is 4. The number of aryl methyl sites for hydroxylation is 8. The lowest BCUT2D eigenvalue weighted by Crippen LogP contribution is -2.23. The van der Waals surface area contributed by atoms with Gasteiger partial charge in [0.2, 0.25) is 5.95 Å². The van der Waals surface area contributed by atoms with Gasteiger partial charge in [-0.05, 0) is 156 Å². The number of para-hydroxylation sites is 4. The number of ether oxygens (including phenoxy) is 4. The highest BCUT2D eigenvalue weighted by molar-refractivity contribution is 9.10. The maximum absolute atomic E-state index is 14.2. The van der Waals surface area contributed by atoms with Crippen LogP contribution in [-0.4, -0.2) is 99.1 Å². The van der Waals surface area contributed by atoms with Crippen molar-refractivity contribution < 1.29 is 28.8 Å². The van der Waals surface area contributed by atoms with Gasteiger partial charge in [0, 0.05) is 70.3 Å². The van der Waals surface area contributed by atoms with E-state index in [0.717, 1.165) is 50.3 Å². The van der Waals surface area contributed by atoms with Crippen molar-refractivity contribution in [2.24, 2.45) is 28.2 Å². The Kier molecular flexibility index (Phi) is 19.2. The molecule has 8 heterocycles. The number of hydrogen-bond acceptors (Lipinski definition) is 20. The van der Waals surface area contributed by atoms with Crippen molar-refractivity contribution in [3.8, 4) is 45.7 Å². The maximum atomic E-state index is 14.2. The number of halogens is 3.